The van der Waals surface area contributed by atoms with Gasteiger partial charge in [-0.05, 0) is 25.1 Å². The molecule has 0 aliphatic carbocycles. The molecule has 19 heavy (non-hydrogen) atoms. The van der Waals surface area contributed by atoms with E-state index < -0.39 is 5.82 Å². The standard InChI is InChI=1S/C14H17ClFN3/c1-3-13(17-2)11-7-18-19(9-11)8-10-5-4-6-12(16)14(10)15/h4-7,9,13,17H,3,8H2,1-2H3. The van der Waals surface area contributed by atoms with Crippen LogP contribution in [0.15, 0.2) is 30.6 Å². The molecule has 102 valence electrons. The topological polar surface area (TPSA) is 29.9 Å². The minimum Gasteiger partial charge on any atom is -0.313 e. The van der Waals surface area contributed by atoms with Gasteiger partial charge >= 0.3 is 0 Å². The summed E-state index contributed by atoms with van der Waals surface area (Å²) < 4.78 is 15.1. The third-order valence-corrected chi connectivity index (χ3v) is 3.60. The Kier molecular flexibility index (Phi) is 4.56. The number of hydrogen-bond donors (Lipinski definition) is 1. The zero-order valence-electron chi connectivity index (χ0n) is 11.0. The van der Waals surface area contributed by atoms with Gasteiger partial charge in [-0.25, -0.2) is 4.39 Å². The molecule has 1 aromatic carbocycles. The van der Waals surface area contributed by atoms with Crippen LogP contribution in [-0.4, -0.2) is 16.8 Å². The summed E-state index contributed by atoms with van der Waals surface area (Å²) in [4.78, 5) is 0. The van der Waals surface area contributed by atoms with E-state index in [1.807, 2.05) is 25.5 Å². The first-order valence-corrected chi connectivity index (χ1v) is 6.66. The quantitative estimate of drug-likeness (QED) is 0.910. The molecule has 1 N–H and O–H groups in total. The number of aromatic nitrogens is 2. The van der Waals surface area contributed by atoms with Gasteiger partial charge in [0.05, 0.1) is 17.8 Å². The normalized spacial score (nSPS) is 12.6. The molecule has 0 saturated heterocycles. The average Bonchev–Trinajstić information content (AvgIpc) is 2.85. The number of benzene rings is 1. The van der Waals surface area contributed by atoms with E-state index in [0.29, 0.717) is 6.54 Å². The summed E-state index contributed by atoms with van der Waals surface area (Å²) >= 11 is 5.94. The van der Waals surface area contributed by atoms with Crippen molar-refractivity contribution in [2.45, 2.75) is 25.9 Å². The molecular formula is C14H17ClFN3. The summed E-state index contributed by atoms with van der Waals surface area (Å²) in [6.45, 7) is 2.58. The van der Waals surface area contributed by atoms with Gasteiger partial charge < -0.3 is 5.32 Å². The van der Waals surface area contributed by atoms with Gasteiger partial charge in [0.15, 0.2) is 0 Å². The van der Waals surface area contributed by atoms with Crippen molar-refractivity contribution in [3.63, 3.8) is 0 Å². The van der Waals surface area contributed by atoms with Crippen molar-refractivity contribution in [2.75, 3.05) is 7.05 Å². The van der Waals surface area contributed by atoms with E-state index in [1.165, 1.54) is 6.07 Å². The molecule has 0 radical (unpaired) electrons. The Bertz CT molecular complexity index is 549. The van der Waals surface area contributed by atoms with Gasteiger partial charge in [-0.15, -0.1) is 0 Å². The van der Waals surface area contributed by atoms with Crippen LogP contribution in [0.1, 0.15) is 30.5 Å². The van der Waals surface area contributed by atoms with Crippen LogP contribution in [0.2, 0.25) is 5.02 Å². The Morgan fingerprint density at radius 3 is 2.95 bits per heavy atom. The minimum atomic E-state index is -0.395. The van der Waals surface area contributed by atoms with Crippen molar-refractivity contribution in [1.29, 1.82) is 0 Å². The fraction of sp³-hybridized carbons (Fsp3) is 0.357. The van der Waals surface area contributed by atoms with Gasteiger partial charge in [-0.2, -0.15) is 5.10 Å². The predicted octanol–water partition coefficient (Wildman–Crippen LogP) is 3.39. The number of nitrogens with zero attached hydrogens (tertiary/aromatic N) is 2. The highest BCUT2D eigenvalue weighted by molar-refractivity contribution is 6.31. The van der Waals surface area contributed by atoms with Crippen LogP contribution in [0.25, 0.3) is 0 Å². The third-order valence-electron chi connectivity index (χ3n) is 3.18. The van der Waals surface area contributed by atoms with Crippen LogP contribution in [0, 0.1) is 5.82 Å². The summed E-state index contributed by atoms with van der Waals surface area (Å²) in [7, 11) is 1.93. The summed E-state index contributed by atoms with van der Waals surface area (Å²) in [5, 5.41) is 7.69. The third kappa shape index (κ3) is 3.14. The monoisotopic (exact) mass is 281 g/mol. The Morgan fingerprint density at radius 1 is 1.47 bits per heavy atom. The molecule has 0 fully saturated rings. The predicted molar refractivity (Wildman–Crippen MR) is 74.8 cm³/mol. The van der Waals surface area contributed by atoms with Crippen LogP contribution in [0.5, 0.6) is 0 Å². The van der Waals surface area contributed by atoms with Crippen LogP contribution in [0.3, 0.4) is 0 Å². The minimum absolute atomic E-state index is 0.167. The van der Waals surface area contributed by atoms with Gasteiger partial charge in [0.25, 0.3) is 0 Å². The van der Waals surface area contributed by atoms with Crippen LogP contribution in [0.4, 0.5) is 4.39 Å². The molecule has 1 aromatic heterocycles. The van der Waals surface area contributed by atoms with E-state index in [2.05, 4.69) is 17.3 Å². The molecule has 0 spiro atoms. The first kappa shape index (κ1) is 14.0. The largest absolute Gasteiger partial charge is 0.313 e. The molecule has 1 heterocycles. The average molecular weight is 282 g/mol. The molecular weight excluding hydrogens is 265 g/mol. The first-order chi connectivity index (χ1) is 9.15. The maximum atomic E-state index is 13.4. The van der Waals surface area contributed by atoms with E-state index in [1.54, 1.807) is 10.7 Å². The fourth-order valence-electron chi connectivity index (χ4n) is 2.10. The SMILES string of the molecule is CCC(NC)c1cnn(Cc2cccc(F)c2Cl)c1. The Hall–Kier alpha value is -1.39. The lowest BCUT2D eigenvalue weighted by atomic mass is 10.1. The highest BCUT2D eigenvalue weighted by Gasteiger charge is 2.11. The zero-order valence-corrected chi connectivity index (χ0v) is 11.8. The van der Waals surface area contributed by atoms with E-state index in [4.69, 9.17) is 11.6 Å². The van der Waals surface area contributed by atoms with E-state index in [0.717, 1.165) is 17.5 Å². The second-order valence-corrected chi connectivity index (χ2v) is 4.81. The highest BCUT2D eigenvalue weighted by Crippen LogP contribution is 2.21. The number of rotatable bonds is 5. The molecule has 2 rings (SSSR count). The molecule has 1 unspecified atom stereocenters. The maximum Gasteiger partial charge on any atom is 0.142 e. The molecule has 0 saturated carbocycles. The number of hydrogen-bond acceptors (Lipinski definition) is 2. The maximum absolute atomic E-state index is 13.4. The lowest BCUT2D eigenvalue weighted by Crippen LogP contribution is -2.14. The lowest BCUT2D eigenvalue weighted by molar-refractivity contribution is 0.575. The van der Waals surface area contributed by atoms with E-state index in [9.17, 15) is 4.39 Å². The molecule has 0 aliphatic heterocycles. The van der Waals surface area contributed by atoms with Crippen LogP contribution < -0.4 is 5.32 Å². The van der Waals surface area contributed by atoms with Crippen molar-refractivity contribution in [3.8, 4) is 0 Å². The van der Waals surface area contributed by atoms with Gasteiger partial charge in [-0.3, -0.25) is 4.68 Å². The van der Waals surface area contributed by atoms with Gasteiger partial charge in [-0.1, -0.05) is 30.7 Å². The van der Waals surface area contributed by atoms with Crippen LogP contribution in [-0.2, 0) is 6.54 Å². The summed E-state index contributed by atoms with van der Waals surface area (Å²) in [5.41, 5.74) is 1.85. The second kappa shape index (κ2) is 6.17. The van der Waals surface area contributed by atoms with E-state index in [-0.39, 0.29) is 11.1 Å². The number of halogens is 2. The fourth-order valence-corrected chi connectivity index (χ4v) is 2.28. The van der Waals surface area contributed by atoms with Crippen molar-refractivity contribution in [1.82, 2.24) is 15.1 Å². The number of nitrogens with one attached hydrogen (secondary N) is 1. The summed E-state index contributed by atoms with van der Waals surface area (Å²) in [5.74, 6) is -0.395. The van der Waals surface area contributed by atoms with Gasteiger partial charge in [0, 0.05) is 17.8 Å². The highest BCUT2D eigenvalue weighted by atomic mass is 35.5. The Labute approximate surface area is 117 Å². The molecule has 0 amide bonds. The molecule has 0 bridgehead atoms. The molecule has 2 aromatic rings. The van der Waals surface area contributed by atoms with Crippen LogP contribution >= 0.6 is 11.6 Å². The van der Waals surface area contributed by atoms with Crippen molar-refractivity contribution in [2.24, 2.45) is 0 Å². The Morgan fingerprint density at radius 2 is 2.26 bits per heavy atom. The molecule has 3 nitrogen and oxygen atoms in total. The van der Waals surface area contributed by atoms with Gasteiger partial charge in [0.2, 0.25) is 0 Å². The molecule has 1 atom stereocenters. The summed E-state index contributed by atoms with van der Waals surface area (Å²) in [6, 6.07) is 5.11. The molecule has 5 heteroatoms. The van der Waals surface area contributed by atoms with Crippen molar-refractivity contribution < 1.29 is 4.39 Å². The Balaban J connectivity index is 2.18. The summed E-state index contributed by atoms with van der Waals surface area (Å²) in [6.07, 6.45) is 4.78. The molecule has 0 aliphatic rings. The lowest BCUT2D eigenvalue weighted by Gasteiger charge is -2.10. The van der Waals surface area contributed by atoms with Gasteiger partial charge in [0.1, 0.15) is 5.82 Å². The van der Waals surface area contributed by atoms with Crippen molar-refractivity contribution in [3.05, 3.63) is 52.6 Å². The zero-order chi connectivity index (χ0) is 13.8. The second-order valence-electron chi connectivity index (χ2n) is 4.43. The van der Waals surface area contributed by atoms with Crippen molar-refractivity contribution >= 4 is 11.6 Å². The van der Waals surface area contributed by atoms with E-state index >= 15 is 0 Å². The first-order valence-electron chi connectivity index (χ1n) is 6.28. The smallest absolute Gasteiger partial charge is 0.142 e.